The summed E-state index contributed by atoms with van der Waals surface area (Å²) in [5.41, 5.74) is 2.13. The number of halogens is 2. The van der Waals surface area contributed by atoms with E-state index in [0.29, 0.717) is 28.3 Å². The Bertz CT molecular complexity index is 1380. The minimum Gasteiger partial charge on any atom is -0.395 e. The van der Waals surface area contributed by atoms with Gasteiger partial charge in [-0.15, -0.1) is 0 Å². The van der Waals surface area contributed by atoms with Crippen molar-refractivity contribution in [2.45, 2.75) is 45.5 Å². The van der Waals surface area contributed by atoms with E-state index < -0.39 is 22.0 Å². The summed E-state index contributed by atoms with van der Waals surface area (Å²) in [5.74, 6) is -2.08. The maximum Gasteiger partial charge on any atom is 0.299 e. The fourth-order valence-electron chi connectivity index (χ4n) is 5.46. The minimum absolute atomic E-state index is 0.119. The number of nitrogens with zero attached hydrogens (tertiary/aromatic N) is 4. The van der Waals surface area contributed by atoms with Crippen molar-refractivity contribution in [2.75, 3.05) is 59.2 Å². The highest BCUT2D eigenvalue weighted by Crippen LogP contribution is 2.58. The van der Waals surface area contributed by atoms with Crippen molar-refractivity contribution in [3.8, 4) is 0 Å². The van der Waals surface area contributed by atoms with Gasteiger partial charge in [0.1, 0.15) is 5.82 Å². The van der Waals surface area contributed by atoms with Gasteiger partial charge >= 0.3 is 0 Å². The molecular weight excluding hydrogens is 544 g/mol. The van der Waals surface area contributed by atoms with E-state index in [1.54, 1.807) is 30.0 Å². The molecule has 11 nitrogen and oxygen atoms in total. The molecule has 2 aromatic rings. The first-order chi connectivity index (χ1) is 18.9. The monoisotopic (exact) mass is 579 g/mol. The number of benzene rings is 1. The third-order valence-electron chi connectivity index (χ3n) is 8.03. The second-order valence-electron chi connectivity index (χ2n) is 11.2. The van der Waals surface area contributed by atoms with Crippen molar-refractivity contribution in [2.24, 2.45) is 11.3 Å². The zero-order valence-electron chi connectivity index (χ0n) is 22.6. The lowest BCUT2D eigenvalue weighted by Gasteiger charge is -2.33. The highest BCUT2D eigenvalue weighted by atomic mass is 32.2. The predicted molar refractivity (Wildman–Crippen MR) is 148 cm³/mol. The summed E-state index contributed by atoms with van der Waals surface area (Å²) >= 11 is 0. The standard InChI is InChI=1S/C26H35F2N7O4S/c1-17-13-22(32-24(30-17)34-10-6-26(27,28)7-11-34)31-23(37)20-4-3-19(33-40(38,39)29-8-12-36)14-21(20)35-9-5-25(2)15-18(25)16-35/h3-4,13-14,18,29,33,36H,5-12,15-16H2,1-2H3,(H,30,31,32,37)/t18-,25-/m0/s1. The van der Waals surface area contributed by atoms with Gasteiger partial charge in [-0.25, -0.2) is 13.8 Å². The van der Waals surface area contributed by atoms with Gasteiger partial charge < -0.3 is 20.2 Å². The van der Waals surface area contributed by atoms with E-state index in [-0.39, 0.29) is 56.5 Å². The molecule has 218 valence electrons. The molecule has 3 aliphatic rings. The molecule has 3 heterocycles. The average molecular weight is 580 g/mol. The highest BCUT2D eigenvalue weighted by Gasteiger charge is 2.52. The lowest BCUT2D eigenvalue weighted by atomic mass is 9.96. The summed E-state index contributed by atoms with van der Waals surface area (Å²) in [6.45, 7) is 5.26. The largest absolute Gasteiger partial charge is 0.395 e. The third-order valence-corrected chi connectivity index (χ3v) is 9.12. The van der Waals surface area contributed by atoms with E-state index in [1.807, 2.05) is 0 Å². The topological polar surface area (TPSA) is 140 Å². The van der Waals surface area contributed by atoms with Gasteiger partial charge in [0.2, 0.25) is 5.95 Å². The molecule has 3 fully saturated rings. The van der Waals surface area contributed by atoms with Crippen LogP contribution in [0.4, 0.5) is 31.9 Å². The summed E-state index contributed by atoms with van der Waals surface area (Å²) in [5, 5.41) is 11.8. The number of alkyl halides is 2. The van der Waals surface area contributed by atoms with Gasteiger partial charge in [0.05, 0.1) is 23.5 Å². The van der Waals surface area contributed by atoms with E-state index in [0.717, 1.165) is 25.9 Å². The number of hydrogen-bond acceptors (Lipinski definition) is 8. The van der Waals surface area contributed by atoms with Crippen LogP contribution in [0.1, 0.15) is 48.7 Å². The smallest absolute Gasteiger partial charge is 0.299 e. The molecule has 14 heteroatoms. The Balaban J connectivity index is 1.39. The number of aryl methyl sites for hydroxylation is 1. The molecule has 0 unspecified atom stereocenters. The Labute approximate surface area is 232 Å². The maximum atomic E-state index is 13.6. The van der Waals surface area contributed by atoms with Crippen LogP contribution in [0.5, 0.6) is 0 Å². The molecule has 1 aliphatic carbocycles. The van der Waals surface area contributed by atoms with Gasteiger partial charge in [-0.1, -0.05) is 6.92 Å². The number of anilines is 4. The fraction of sp³-hybridized carbons (Fsp3) is 0.577. The molecule has 1 aromatic heterocycles. The van der Waals surface area contributed by atoms with Gasteiger partial charge in [-0.3, -0.25) is 9.52 Å². The second-order valence-corrected chi connectivity index (χ2v) is 12.7. The zero-order chi connectivity index (χ0) is 28.7. The number of aromatic nitrogens is 2. The first-order valence-electron chi connectivity index (χ1n) is 13.4. The predicted octanol–water partition coefficient (Wildman–Crippen LogP) is 2.75. The van der Waals surface area contributed by atoms with Crippen LogP contribution in [0, 0.1) is 18.3 Å². The molecule has 0 spiro atoms. The quantitative estimate of drug-likeness (QED) is 0.356. The molecule has 1 amide bonds. The normalized spacial score (nSPS) is 23.9. The Morgan fingerprint density at radius 3 is 2.55 bits per heavy atom. The Kier molecular flexibility index (Phi) is 7.61. The summed E-state index contributed by atoms with van der Waals surface area (Å²) in [7, 11) is -3.91. The van der Waals surface area contributed by atoms with Crippen molar-refractivity contribution in [3.05, 3.63) is 35.5 Å². The van der Waals surface area contributed by atoms with Crippen LogP contribution in [-0.4, -0.2) is 74.7 Å². The van der Waals surface area contributed by atoms with E-state index in [2.05, 4.69) is 36.6 Å². The maximum absolute atomic E-state index is 13.6. The number of piperidine rings is 2. The van der Waals surface area contributed by atoms with Crippen molar-refractivity contribution >= 4 is 39.3 Å². The van der Waals surface area contributed by atoms with Crippen LogP contribution in [0.3, 0.4) is 0 Å². The molecule has 1 aromatic carbocycles. The van der Waals surface area contributed by atoms with Gasteiger partial charge in [0, 0.05) is 57.3 Å². The van der Waals surface area contributed by atoms with Gasteiger partial charge in [-0.2, -0.15) is 18.1 Å². The van der Waals surface area contributed by atoms with E-state index in [4.69, 9.17) is 5.11 Å². The highest BCUT2D eigenvalue weighted by molar-refractivity contribution is 7.90. The van der Waals surface area contributed by atoms with Gasteiger partial charge in [0.15, 0.2) is 0 Å². The van der Waals surface area contributed by atoms with Crippen LogP contribution in [-0.2, 0) is 10.2 Å². The lowest BCUT2D eigenvalue weighted by molar-refractivity contribution is -0.0222. The molecule has 2 atom stereocenters. The number of hydrogen-bond donors (Lipinski definition) is 4. The van der Waals surface area contributed by atoms with Crippen LogP contribution < -0.4 is 24.6 Å². The molecule has 4 N–H and O–H groups in total. The fourth-order valence-corrected chi connectivity index (χ4v) is 6.33. The summed E-state index contributed by atoms with van der Waals surface area (Å²) in [6, 6.07) is 6.33. The molecule has 0 bridgehead atoms. The van der Waals surface area contributed by atoms with Crippen LogP contribution in [0.25, 0.3) is 0 Å². The van der Waals surface area contributed by atoms with Crippen LogP contribution in [0.2, 0.25) is 0 Å². The lowest BCUT2D eigenvalue weighted by Crippen LogP contribution is -2.40. The number of aliphatic hydroxyl groups is 1. The SMILES string of the molecule is Cc1cc(NC(=O)c2ccc(NS(=O)(=O)NCCO)cc2N2CC[C@@]3(C)C[C@H]3C2)nc(N2CCC(F)(F)CC2)n1. The van der Waals surface area contributed by atoms with Crippen molar-refractivity contribution in [1.82, 2.24) is 14.7 Å². The Morgan fingerprint density at radius 2 is 1.85 bits per heavy atom. The number of nitrogens with one attached hydrogen (secondary N) is 3. The summed E-state index contributed by atoms with van der Waals surface area (Å²) in [6.07, 6.45) is 1.53. The van der Waals surface area contributed by atoms with E-state index >= 15 is 0 Å². The Hall–Kier alpha value is -3.10. The number of aliphatic hydroxyl groups excluding tert-OH is 1. The van der Waals surface area contributed by atoms with E-state index in [9.17, 15) is 22.0 Å². The number of rotatable bonds is 9. The first-order valence-corrected chi connectivity index (χ1v) is 14.9. The van der Waals surface area contributed by atoms with Gasteiger partial charge in [-0.05, 0) is 49.3 Å². The molecule has 5 rings (SSSR count). The summed E-state index contributed by atoms with van der Waals surface area (Å²) < 4.78 is 56.7. The van der Waals surface area contributed by atoms with E-state index in [1.165, 1.54) is 6.07 Å². The molecule has 1 saturated carbocycles. The molecule has 2 saturated heterocycles. The number of amides is 1. The van der Waals surface area contributed by atoms with Crippen LogP contribution >= 0.6 is 0 Å². The Morgan fingerprint density at radius 1 is 1.12 bits per heavy atom. The third kappa shape index (κ3) is 6.44. The average Bonchev–Trinajstić information content (AvgIpc) is 3.57. The minimum atomic E-state index is -3.91. The molecule has 0 radical (unpaired) electrons. The van der Waals surface area contributed by atoms with Crippen LogP contribution in [0.15, 0.2) is 24.3 Å². The number of fused-ring (bicyclic) bond motifs is 1. The van der Waals surface area contributed by atoms with Crippen molar-refractivity contribution in [1.29, 1.82) is 0 Å². The second kappa shape index (κ2) is 10.7. The number of carbonyl (C=O) groups excluding carboxylic acids is 1. The summed E-state index contributed by atoms with van der Waals surface area (Å²) in [4.78, 5) is 26.2. The zero-order valence-corrected chi connectivity index (χ0v) is 23.4. The first kappa shape index (κ1) is 28.4. The number of carbonyl (C=O) groups is 1. The molecule has 2 aliphatic heterocycles. The van der Waals surface area contributed by atoms with Crippen molar-refractivity contribution in [3.63, 3.8) is 0 Å². The molecule has 40 heavy (non-hydrogen) atoms. The van der Waals surface area contributed by atoms with Gasteiger partial charge in [0.25, 0.3) is 22.0 Å². The molecular formula is C26H35F2N7O4S. The van der Waals surface area contributed by atoms with Crippen molar-refractivity contribution < 1.29 is 27.1 Å².